The lowest BCUT2D eigenvalue weighted by atomic mass is 10.2. The first-order valence-corrected chi connectivity index (χ1v) is 8.33. The van der Waals surface area contributed by atoms with E-state index in [0.29, 0.717) is 21.1 Å². The third-order valence-electron chi connectivity index (χ3n) is 3.35. The number of anilines is 2. The van der Waals surface area contributed by atoms with Crippen LogP contribution < -0.4 is 10.6 Å². The number of furan rings is 1. The Morgan fingerprint density at radius 1 is 1.00 bits per heavy atom. The van der Waals surface area contributed by atoms with Gasteiger partial charge in [-0.3, -0.25) is 9.59 Å². The van der Waals surface area contributed by atoms with Gasteiger partial charge in [0.25, 0.3) is 11.8 Å². The molecule has 0 radical (unpaired) electrons. The summed E-state index contributed by atoms with van der Waals surface area (Å²) in [5.41, 5.74) is 0.801. The molecule has 0 fully saturated rings. The molecule has 1 aromatic carbocycles. The van der Waals surface area contributed by atoms with Gasteiger partial charge in [0, 0.05) is 5.69 Å². The van der Waals surface area contributed by atoms with Crippen molar-refractivity contribution in [3.8, 4) is 0 Å². The van der Waals surface area contributed by atoms with Crippen molar-refractivity contribution in [1.82, 2.24) is 0 Å². The van der Waals surface area contributed by atoms with E-state index < -0.39 is 11.9 Å². The topological polar surface area (TPSA) is 97.6 Å². The fraction of sp³-hybridized carbons (Fsp3) is 0.0556. The lowest BCUT2D eigenvalue weighted by Gasteiger charge is -2.05. The molecule has 26 heavy (non-hydrogen) atoms. The van der Waals surface area contributed by atoms with Crippen molar-refractivity contribution >= 4 is 39.8 Å². The first-order chi connectivity index (χ1) is 12.6. The van der Waals surface area contributed by atoms with Gasteiger partial charge >= 0.3 is 5.97 Å². The average Bonchev–Trinajstić information content (AvgIpc) is 3.33. The van der Waals surface area contributed by atoms with E-state index in [-0.39, 0.29) is 11.7 Å². The molecule has 0 unspecified atom stereocenters. The van der Waals surface area contributed by atoms with Crippen LogP contribution in [0.25, 0.3) is 0 Å². The summed E-state index contributed by atoms with van der Waals surface area (Å²) < 4.78 is 9.67. The van der Waals surface area contributed by atoms with E-state index in [1.807, 2.05) is 0 Å². The molecule has 0 atom stereocenters. The van der Waals surface area contributed by atoms with E-state index in [4.69, 9.17) is 4.42 Å². The van der Waals surface area contributed by atoms with Gasteiger partial charge in [0.15, 0.2) is 5.76 Å². The molecule has 132 valence electrons. The van der Waals surface area contributed by atoms with Crippen LogP contribution in [-0.2, 0) is 4.74 Å². The van der Waals surface area contributed by atoms with Crippen LogP contribution in [0.2, 0.25) is 0 Å². The van der Waals surface area contributed by atoms with Crippen LogP contribution in [0, 0.1) is 0 Å². The molecule has 0 aliphatic carbocycles. The molecule has 3 rings (SSSR count). The van der Waals surface area contributed by atoms with E-state index in [9.17, 15) is 14.4 Å². The van der Waals surface area contributed by atoms with Crippen LogP contribution in [0.3, 0.4) is 0 Å². The minimum absolute atomic E-state index is 0.184. The summed E-state index contributed by atoms with van der Waals surface area (Å²) in [6.45, 7) is 0. The van der Waals surface area contributed by atoms with Gasteiger partial charge in [0.1, 0.15) is 0 Å². The third-order valence-corrected chi connectivity index (χ3v) is 4.35. The summed E-state index contributed by atoms with van der Waals surface area (Å²) in [6, 6.07) is 12.8. The summed E-state index contributed by atoms with van der Waals surface area (Å²) in [5, 5.41) is 5.88. The molecule has 0 aliphatic rings. The van der Waals surface area contributed by atoms with Crippen LogP contribution in [0.5, 0.6) is 0 Å². The number of benzene rings is 1. The van der Waals surface area contributed by atoms with E-state index in [1.54, 1.807) is 42.5 Å². The highest BCUT2D eigenvalue weighted by molar-refractivity contribution is 7.18. The van der Waals surface area contributed by atoms with Gasteiger partial charge in [-0.2, -0.15) is 0 Å². The normalized spacial score (nSPS) is 10.2. The number of carbonyl (C=O) groups is 3. The maximum atomic E-state index is 12.3. The first-order valence-electron chi connectivity index (χ1n) is 7.51. The SMILES string of the molecule is COC(=O)c1cccc(NC(=O)c2ccc(NC(=O)c3ccco3)s2)c1. The zero-order valence-electron chi connectivity index (χ0n) is 13.6. The number of nitrogens with one attached hydrogen (secondary N) is 2. The van der Waals surface area contributed by atoms with Gasteiger partial charge < -0.3 is 19.8 Å². The first kappa shape index (κ1) is 17.4. The predicted molar refractivity (Wildman–Crippen MR) is 96.7 cm³/mol. The van der Waals surface area contributed by atoms with Crippen LogP contribution >= 0.6 is 11.3 Å². The minimum atomic E-state index is -0.486. The van der Waals surface area contributed by atoms with Crippen LogP contribution in [0.1, 0.15) is 30.6 Å². The molecule has 7 nitrogen and oxygen atoms in total. The summed E-state index contributed by atoms with van der Waals surface area (Å²) in [4.78, 5) is 36.2. The molecule has 3 aromatic rings. The van der Waals surface area contributed by atoms with Crippen molar-refractivity contribution in [1.29, 1.82) is 0 Å². The lowest BCUT2D eigenvalue weighted by molar-refractivity contribution is 0.0600. The van der Waals surface area contributed by atoms with Crippen LogP contribution in [0.15, 0.2) is 59.2 Å². The summed E-state index contributed by atoms with van der Waals surface area (Å²) in [5.74, 6) is -1.05. The Hall–Kier alpha value is -3.39. The van der Waals surface area contributed by atoms with Crippen LogP contribution in [0.4, 0.5) is 10.7 Å². The number of amides is 2. The Morgan fingerprint density at radius 2 is 1.85 bits per heavy atom. The fourth-order valence-electron chi connectivity index (χ4n) is 2.14. The second kappa shape index (κ2) is 7.66. The highest BCUT2D eigenvalue weighted by Crippen LogP contribution is 2.24. The smallest absolute Gasteiger partial charge is 0.337 e. The van der Waals surface area contributed by atoms with Gasteiger partial charge in [0.05, 0.1) is 28.8 Å². The Kier molecular flexibility index (Phi) is 5.14. The summed E-state index contributed by atoms with van der Waals surface area (Å²) in [7, 11) is 1.29. The number of hydrogen-bond acceptors (Lipinski definition) is 6. The third kappa shape index (κ3) is 3.98. The summed E-state index contributed by atoms with van der Waals surface area (Å²) >= 11 is 1.12. The highest BCUT2D eigenvalue weighted by Gasteiger charge is 2.14. The quantitative estimate of drug-likeness (QED) is 0.668. The molecule has 2 amide bonds. The van der Waals surface area contributed by atoms with Crippen molar-refractivity contribution in [2.24, 2.45) is 0 Å². The molecule has 0 saturated heterocycles. The van der Waals surface area contributed by atoms with E-state index in [0.717, 1.165) is 11.3 Å². The summed E-state index contributed by atoms with van der Waals surface area (Å²) in [6.07, 6.45) is 1.41. The zero-order chi connectivity index (χ0) is 18.5. The maximum Gasteiger partial charge on any atom is 0.337 e. The van der Waals surface area contributed by atoms with Gasteiger partial charge in [0.2, 0.25) is 0 Å². The van der Waals surface area contributed by atoms with Crippen molar-refractivity contribution in [3.05, 3.63) is 71.0 Å². The largest absolute Gasteiger partial charge is 0.465 e. The van der Waals surface area contributed by atoms with Gasteiger partial charge in [-0.25, -0.2) is 4.79 Å². The molecule has 0 saturated carbocycles. The Balaban J connectivity index is 1.67. The van der Waals surface area contributed by atoms with Crippen molar-refractivity contribution < 1.29 is 23.5 Å². The Bertz CT molecular complexity index is 946. The Labute approximate surface area is 152 Å². The molecule has 2 aromatic heterocycles. The number of thiophene rings is 1. The molecule has 2 N–H and O–H groups in total. The number of hydrogen-bond donors (Lipinski definition) is 2. The number of rotatable bonds is 5. The standard InChI is InChI=1S/C18H14N2O5S/c1-24-18(23)11-4-2-5-12(10-11)19-17(22)14-7-8-15(26-14)20-16(21)13-6-3-9-25-13/h2-10H,1H3,(H,19,22)(H,20,21). The second-order valence-corrected chi connectivity index (χ2v) is 6.21. The van der Waals surface area contributed by atoms with E-state index in [1.165, 1.54) is 19.4 Å². The van der Waals surface area contributed by atoms with Gasteiger partial charge in [-0.15, -0.1) is 11.3 Å². The Morgan fingerprint density at radius 3 is 2.58 bits per heavy atom. The van der Waals surface area contributed by atoms with Crippen molar-refractivity contribution in [3.63, 3.8) is 0 Å². The molecule has 8 heteroatoms. The number of carbonyl (C=O) groups excluding carboxylic acids is 3. The molecular weight excluding hydrogens is 356 g/mol. The predicted octanol–water partition coefficient (Wildman–Crippen LogP) is 3.63. The van der Waals surface area contributed by atoms with Crippen molar-refractivity contribution in [2.45, 2.75) is 0 Å². The maximum absolute atomic E-state index is 12.3. The van der Waals surface area contributed by atoms with Crippen LogP contribution in [-0.4, -0.2) is 24.9 Å². The van der Waals surface area contributed by atoms with Gasteiger partial charge in [-0.1, -0.05) is 6.07 Å². The lowest BCUT2D eigenvalue weighted by Crippen LogP contribution is -2.11. The van der Waals surface area contributed by atoms with E-state index >= 15 is 0 Å². The fourth-order valence-corrected chi connectivity index (χ4v) is 2.94. The number of methoxy groups -OCH3 is 1. The minimum Gasteiger partial charge on any atom is -0.465 e. The monoisotopic (exact) mass is 370 g/mol. The zero-order valence-corrected chi connectivity index (χ0v) is 14.5. The molecule has 0 aliphatic heterocycles. The number of ether oxygens (including phenoxy) is 1. The average molecular weight is 370 g/mol. The molecule has 0 bridgehead atoms. The van der Waals surface area contributed by atoms with E-state index in [2.05, 4.69) is 15.4 Å². The highest BCUT2D eigenvalue weighted by atomic mass is 32.1. The number of esters is 1. The van der Waals surface area contributed by atoms with Crippen molar-refractivity contribution in [2.75, 3.05) is 17.7 Å². The second-order valence-electron chi connectivity index (χ2n) is 5.12. The molecular formula is C18H14N2O5S. The molecule has 0 spiro atoms. The van der Waals surface area contributed by atoms with Gasteiger partial charge in [-0.05, 0) is 42.5 Å². The molecule has 2 heterocycles.